The van der Waals surface area contributed by atoms with Gasteiger partial charge in [-0.05, 0) is 81.6 Å². The van der Waals surface area contributed by atoms with Crippen LogP contribution in [0, 0.1) is 23.7 Å². The van der Waals surface area contributed by atoms with Gasteiger partial charge in [0.25, 0.3) is 5.91 Å². The number of rotatable bonds is 9. The van der Waals surface area contributed by atoms with Crippen LogP contribution in [0.4, 0.5) is 5.69 Å². The number of carbonyl (C=O) groups is 3. The van der Waals surface area contributed by atoms with Crippen LogP contribution < -0.4 is 10.6 Å². The highest BCUT2D eigenvalue weighted by Crippen LogP contribution is 2.54. The molecule has 5 atom stereocenters. The maximum Gasteiger partial charge on any atom is 0.255 e. The van der Waals surface area contributed by atoms with Gasteiger partial charge in [-0.2, -0.15) is 0 Å². The summed E-state index contributed by atoms with van der Waals surface area (Å²) in [7, 11) is 7.00. The minimum atomic E-state index is -2.65. The molecule has 0 unspecified atom stereocenters. The highest BCUT2D eigenvalue weighted by molar-refractivity contribution is 6.24. The van der Waals surface area contributed by atoms with E-state index in [1.807, 2.05) is 19.0 Å². The zero-order valence-electron chi connectivity index (χ0n) is 26.7. The van der Waals surface area contributed by atoms with E-state index in [-0.39, 0.29) is 29.7 Å². The number of aliphatic hydroxyl groups excluding tert-OH is 2. The molecule has 11 heteroatoms. The quantitative estimate of drug-likeness (QED) is 0.262. The lowest BCUT2D eigenvalue weighted by Gasteiger charge is -2.50. The fourth-order valence-corrected chi connectivity index (χ4v) is 7.69. The molecule has 5 rings (SSSR count). The molecule has 0 saturated heterocycles. The number of aromatic hydroxyl groups is 1. The monoisotopic (exact) mass is 610 g/mol. The molecule has 2 fully saturated rings. The number of fused-ring (bicyclic) bond motifs is 3. The molecular weight excluding hydrogens is 564 g/mol. The molecule has 44 heavy (non-hydrogen) atoms. The number of aliphatic hydroxyl groups is 3. The van der Waals surface area contributed by atoms with Crippen LogP contribution in [0.5, 0.6) is 5.75 Å². The maximum atomic E-state index is 14.1. The van der Waals surface area contributed by atoms with Gasteiger partial charge in [0.15, 0.2) is 11.4 Å². The SMILES string of the molecule is CC(C)[C@H](C)N(Cc1cc(O)c2c(c1N(C)C)C[C@H]1C[C@H]3[C@H](N(C)C)C(=O)C(C(N)=O)=C(O)[C@@]3(O)C(=O)C1=C2O)CC1CC1. The Morgan fingerprint density at radius 2 is 1.73 bits per heavy atom. The summed E-state index contributed by atoms with van der Waals surface area (Å²) in [6.07, 6.45) is 2.74. The predicted molar refractivity (Wildman–Crippen MR) is 166 cm³/mol. The Labute approximate surface area is 258 Å². The van der Waals surface area contributed by atoms with Crippen molar-refractivity contribution in [3.05, 3.63) is 39.7 Å². The smallest absolute Gasteiger partial charge is 0.255 e. The standard InChI is InChI=1S/C33H46N4O7/c1-15(2)16(3)37(13-17-8-9-17)14-19-12-22(38)24-20(26(19)35(4)5)10-18-11-21-27(36(6)7)29(40)25(32(34)43)31(42)33(21,44)30(41)23(18)28(24)39/h12,15-18,21,27,38-39,42,44H,8-11,13-14H2,1-7H3,(H2,34,43)/t16-,18-,21-,27-,33-/m0/s1. The number of benzene rings is 1. The van der Waals surface area contributed by atoms with Crippen molar-refractivity contribution in [2.24, 2.45) is 29.4 Å². The van der Waals surface area contributed by atoms with Crippen molar-refractivity contribution >= 4 is 28.9 Å². The zero-order chi connectivity index (χ0) is 32.6. The number of anilines is 1. The number of phenolic OH excluding ortho intramolecular Hbond substituents is 1. The van der Waals surface area contributed by atoms with Crippen LogP contribution in [0.15, 0.2) is 23.0 Å². The number of phenols is 1. The van der Waals surface area contributed by atoms with Gasteiger partial charge in [0.1, 0.15) is 22.8 Å². The lowest BCUT2D eigenvalue weighted by Crippen LogP contribution is -2.65. The second-order valence-corrected chi connectivity index (χ2v) is 14.0. The van der Waals surface area contributed by atoms with Crippen LogP contribution in [0.3, 0.4) is 0 Å². The molecule has 0 aromatic heterocycles. The summed E-state index contributed by atoms with van der Waals surface area (Å²) in [5.74, 6) is -5.41. The van der Waals surface area contributed by atoms with Gasteiger partial charge in [-0.1, -0.05) is 13.8 Å². The molecule has 0 radical (unpaired) electrons. The van der Waals surface area contributed by atoms with Crippen LogP contribution >= 0.6 is 0 Å². The van der Waals surface area contributed by atoms with Crippen molar-refractivity contribution in [1.82, 2.24) is 9.80 Å². The summed E-state index contributed by atoms with van der Waals surface area (Å²) >= 11 is 0. The van der Waals surface area contributed by atoms with Gasteiger partial charge in [-0.3, -0.25) is 24.2 Å². The topological polar surface area (TPSA) is 168 Å². The molecule has 1 aromatic carbocycles. The van der Waals surface area contributed by atoms with Gasteiger partial charge in [0, 0.05) is 50.4 Å². The number of nitrogens with two attached hydrogens (primary N) is 1. The van der Waals surface area contributed by atoms with E-state index in [1.54, 1.807) is 20.2 Å². The minimum Gasteiger partial charge on any atom is -0.508 e. The molecular formula is C33H46N4O7. The average molecular weight is 611 g/mol. The van der Waals surface area contributed by atoms with Crippen molar-refractivity contribution in [2.75, 3.05) is 39.6 Å². The van der Waals surface area contributed by atoms with Gasteiger partial charge in [-0.15, -0.1) is 0 Å². The molecule has 4 aliphatic rings. The van der Waals surface area contributed by atoms with E-state index in [0.717, 1.165) is 17.8 Å². The first-order chi connectivity index (χ1) is 20.5. The summed E-state index contributed by atoms with van der Waals surface area (Å²) in [5.41, 5.74) is 4.34. The van der Waals surface area contributed by atoms with Crippen molar-refractivity contribution in [1.29, 1.82) is 0 Å². The Kier molecular flexibility index (Phi) is 8.14. The Morgan fingerprint density at radius 3 is 2.25 bits per heavy atom. The van der Waals surface area contributed by atoms with Crippen LogP contribution in [0.1, 0.15) is 56.7 Å². The van der Waals surface area contributed by atoms with E-state index in [9.17, 15) is 34.8 Å². The Balaban J connectivity index is 1.66. The highest BCUT2D eigenvalue weighted by atomic mass is 16.3. The van der Waals surface area contributed by atoms with Crippen molar-refractivity contribution < 1.29 is 34.8 Å². The van der Waals surface area contributed by atoms with E-state index in [2.05, 4.69) is 25.7 Å². The number of Topliss-reactive ketones (excluding diaryl/α,β-unsaturated/α-hetero) is 2. The molecule has 11 nitrogen and oxygen atoms in total. The van der Waals surface area contributed by atoms with E-state index in [1.165, 1.54) is 17.7 Å². The lowest BCUT2D eigenvalue weighted by atomic mass is 9.57. The molecule has 0 bridgehead atoms. The number of amides is 1. The summed E-state index contributed by atoms with van der Waals surface area (Å²) in [5, 5.41) is 45.9. The molecule has 1 amide bonds. The second kappa shape index (κ2) is 11.2. The van der Waals surface area contributed by atoms with Crippen LogP contribution in [0.2, 0.25) is 0 Å². The van der Waals surface area contributed by atoms with E-state index < -0.39 is 58.0 Å². The molecule has 240 valence electrons. The number of primary amides is 1. The van der Waals surface area contributed by atoms with Crippen LogP contribution in [-0.4, -0.2) is 100 Å². The van der Waals surface area contributed by atoms with Gasteiger partial charge in [-0.25, -0.2) is 0 Å². The molecule has 4 aliphatic carbocycles. The van der Waals surface area contributed by atoms with Gasteiger partial charge in [0.05, 0.1) is 11.6 Å². The number of hydrogen-bond acceptors (Lipinski definition) is 10. The lowest BCUT2D eigenvalue weighted by molar-refractivity contribution is -0.153. The molecule has 1 aromatic rings. The number of ketones is 2. The van der Waals surface area contributed by atoms with Gasteiger partial charge < -0.3 is 31.1 Å². The molecule has 0 heterocycles. The summed E-state index contributed by atoms with van der Waals surface area (Å²) in [4.78, 5) is 45.6. The number of likely N-dealkylation sites (N-methyl/N-ethyl adjacent to an activating group) is 1. The van der Waals surface area contributed by atoms with E-state index in [4.69, 9.17) is 5.73 Å². The normalized spacial score (nSPS) is 27.6. The summed E-state index contributed by atoms with van der Waals surface area (Å²) in [6, 6.07) is 0.830. The molecule has 6 N–H and O–H groups in total. The Bertz CT molecular complexity index is 1470. The van der Waals surface area contributed by atoms with Crippen molar-refractivity contribution in [3.63, 3.8) is 0 Å². The van der Waals surface area contributed by atoms with E-state index >= 15 is 0 Å². The summed E-state index contributed by atoms with van der Waals surface area (Å²) < 4.78 is 0. The zero-order valence-corrected chi connectivity index (χ0v) is 26.7. The van der Waals surface area contributed by atoms with Crippen molar-refractivity contribution in [2.45, 2.75) is 70.7 Å². The number of carbonyl (C=O) groups excluding carboxylic acids is 3. The Morgan fingerprint density at radius 1 is 1.09 bits per heavy atom. The number of nitrogens with zero attached hydrogens (tertiary/aromatic N) is 3. The van der Waals surface area contributed by atoms with Crippen molar-refractivity contribution in [3.8, 4) is 5.75 Å². The van der Waals surface area contributed by atoms with Gasteiger partial charge in [0.2, 0.25) is 5.78 Å². The third kappa shape index (κ3) is 4.89. The van der Waals surface area contributed by atoms with Gasteiger partial charge >= 0.3 is 0 Å². The van der Waals surface area contributed by atoms with Crippen LogP contribution in [0.25, 0.3) is 5.76 Å². The second-order valence-electron chi connectivity index (χ2n) is 14.0. The third-order valence-corrected chi connectivity index (χ3v) is 10.3. The third-order valence-electron chi connectivity index (χ3n) is 10.3. The molecule has 0 spiro atoms. The Hall–Kier alpha value is -3.41. The number of hydrogen-bond donors (Lipinski definition) is 5. The summed E-state index contributed by atoms with van der Waals surface area (Å²) in [6.45, 7) is 8.17. The fourth-order valence-electron chi connectivity index (χ4n) is 7.69. The van der Waals surface area contributed by atoms with E-state index in [0.29, 0.717) is 30.0 Å². The fraction of sp³-hybridized carbons (Fsp3) is 0.606. The maximum absolute atomic E-state index is 14.1. The average Bonchev–Trinajstić information content (AvgIpc) is 3.73. The first-order valence-corrected chi connectivity index (χ1v) is 15.5. The largest absolute Gasteiger partial charge is 0.508 e. The molecule has 0 aliphatic heterocycles. The highest BCUT2D eigenvalue weighted by Gasteiger charge is 2.64. The first kappa shape index (κ1) is 32.0. The predicted octanol–water partition coefficient (Wildman–Crippen LogP) is 2.29. The first-order valence-electron chi connectivity index (χ1n) is 15.5. The van der Waals surface area contributed by atoms with Crippen LogP contribution in [-0.2, 0) is 27.3 Å². The molecule has 2 saturated carbocycles. The minimum absolute atomic E-state index is 0.0573.